The number of ether oxygens (including phenoxy) is 1. The van der Waals surface area contributed by atoms with Crippen molar-refractivity contribution in [2.45, 2.75) is 33.2 Å². The third-order valence-corrected chi connectivity index (χ3v) is 8.05. The molecule has 0 radical (unpaired) electrons. The van der Waals surface area contributed by atoms with Gasteiger partial charge in [-0.15, -0.1) is 11.3 Å². The number of nitrogens with zero attached hydrogens (tertiary/aromatic N) is 3. The van der Waals surface area contributed by atoms with Gasteiger partial charge in [-0.2, -0.15) is 0 Å². The number of aryl methyl sites for hydroxylation is 1. The predicted octanol–water partition coefficient (Wildman–Crippen LogP) is 5.72. The van der Waals surface area contributed by atoms with Crippen molar-refractivity contribution in [2.24, 2.45) is 5.92 Å². The third kappa shape index (κ3) is 5.58. The first-order valence-corrected chi connectivity index (χ1v) is 13.6. The Morgan fingerprint density at radius 1 is 1.13 bits per heavy atom. The second kappa shape index (κ2) is 11.0. The smallest absolute Gasteiger partial charge is 0.266 e. The van der Waals surface area contributed by atoms with Crippen LogP contribution in [0.25, 0.3) is 10.2 Å². The van der Waals surface area contributed by atoms with Gasteiger partial charge in [0.1, 0.15) is 22.9 Å². The average molecular weight is 551 g/mol. The molecular weight excluding hydrogens is 524 g/mol. The van der Waals surface area contributed by atoms with E-state index in [-0.39, 0.29) is 23.9 Å². The normalized spacial score (nSPS) is 15.4. The fourth-order valence-corrected chi connectivity index (χ4v) is 5.74. The predicted molar refractivity (Wildman–Crippen MR) is 150 cm³/mol. The molecule has 3 heterocycles. The molecule has 0 bridgehead atoms. The van der Waals surface area contributed by atoms with E-state index in [2.05, 4.69) is 17.2 Å². The zero-order valence-electron chi connectivity index (χ0n) is 21.1. The zero-order chi connectivity index (χ0) is 26.8. The number of rotatable bonds is 6. The molecule has 1 fully saturated rings. The summed E-state index contributed by atoms with van der Waals surface area (Å²) in [6.45, 7) is 5.22. The lowest BCUT2D eigenvalue weighted by Gasteiger charge is -2.31. The summed E-state index contributed by atoms with van der Waals surface area (Å²) in [6, 6.07) is 14.0. The Kier molecular flexibility index (Phi) is 7.49. The highest BCUT2D eigenvalue weighted by molar-refractivity contribution is 7.20. The van der Waals surface area contributed by atoms with Gasteiger partial charge in [-0.3, -0.25) is 19.0 Å². The molecule has 2 aromatic heterocycles. The number of aromatic nitrogens is 2. The minimum absolute atomic E-state index is 0.0598. The number of carbonyl (C=O) groups is 2. The van der Waals surface area contributed by atoms with Gasteiger partial charge in [0.2, 0.25) is 5.91 Å². The van der Waals surface area contributed by atoms with Crippen LogP contribution in [0.5, 0.6) is 11.5 Å². The molecule has 1 aliphatic rings. The van der Waals surface area contributed by atoms with Crippen LogP contribution in [0, 0.1) is 12.8 Å². The van der Waals surface area contributed by atoms with E-state index in [0.29, 0.717) is 61.9 Å². The average Bonchev–Trinajstić information content (AvgIpc) is 3.25. The fraction of sp³-hybridized carbons (Fsp3) is 0.286. The Balaban J connectivity index is 1.30. The summed E-state index contributed by atoms with van der Waals surface area (Å²) in [6.07, 6.45) is 3.48. The maximum absolute atomic E-state index is 13.2. The molecule has 8 nitrogen and oxygen atoms in total. The minimum Gasteiger partial charge on any atom is -0.457 e. The number of fused-ring (bicyclic) bond motifs is 1. The molecule has 1 aliphatic heterocycles. The highest BCUT2D eigenvalue weighted by Gasteiger charge is 2.23. The summed E-state index contributed by atoms with van der Waals surface area (Å²) in [7, 11) is 0. The van der Waals surface area contributed by atoms with Crippen LogP contribution in [0.4, 0.5) is 5.69 Å². The Morgan fingerprint density at radius 2 is 1.82 bits per heavy atom. The third-order valence-electron chi connectivity index (χ3n) is 6.60. The monoisotopic (exact) mass is 550 g/mol. The lowest BCUT2D eigenvalue weighted by atomic mass is 10.0. The molecule has 1 unspecified atom stereocenters. The fourth-order valence-electron chi connectivity index (χ4n) is 4.58. The first kappa shape index (κ1) is 25.9. The summed E-state index contributed by atoms with van der Waals surface area (Å²) in [5, 5.41) is 3.87. The molecule has 1 atom stereocenters. The summed E-state index contributed by atoms with van der Waals surface area (Å²) >= 11 is 7.07. The lowest BCUT2D eigenvalue weighted by Crippen LogP contribution is -2.42. The number of amides is 2. The highest BCUT2D eigenvalue weighted by atomic mass is 35.5. The van der Waals surface area contributed by atoms with Gasteiger partial charge >= 0.3 is 0 Å². The Bertz CT molecular complexity index is 1550. The van der Waals surface area contributed by atoms with Crippen molar-refractivity contribution in [3.8, 4) is 11.5 Å². The van der Waals surface area contributed by atoms with Crippen molar-refractivity contribution < 1.29 is 14.3 Å². The topological polar surface area (TPSA) is 93.5 Å². The number of carbonyl (C=O) groups excluding carboxylic acids is 2. The molecule has 1 saturated heterocycles. The lowest BCUT2D eigenvalue weighted by molar-refractivity contribution is -0.133. The molecule has 0 spiro atoms. The van der Waals surface area contributed by atoms with E-state index in [9.17, 15) is 14.4 Å². The maximum Gasteiger partial charge on any atom is 0.266 e. The number of benzene rings is 2. The van der Waals surface area contributed by atoms with E-state index in [1.807, 2.05) is 4.90 Å². The van der Waals surface area contributed by atoms with Crippen molar-refractivity contribution in [2.75, 3.05) is 18.4 Å². The molecule has 2 aromatic carbocycles. The molecule has 5 rings (SSSR count). The van der Waals surface area contributed by atoms with Gasteiger partial charge in [-0.25, -0.2) is 4.98 Å². The largest absolute Gasteiger partial charge is 0.457 e. The first-order chi connectivity index (χ1) is 18.3. The van der Waals surface area contributed by atoms with E-state index in [1.165, 1.54) is 10.9 Å². The van der Waals surface area contributed by atoms with Crippen LogP contribution < -0.4 is 15.6 Å². The highest BCUT2D eigenvalue weighted by Crippen LogP contribution is 2.29. The molecule has 2 amide bonds. The van der Waals surface area contributed by atoms with Gasteiger partial charge in [-0.1, -0.05) is 18.5 Å². The van der Waals surface area contributed by atoms with Crippen molar-refractivity contribution in [1.82, 2.24) is 14.5 Å². The van der Waals surface area contributed by atoms with E-state index in [4.69, 9.17) is 16.3 Å². The number of piperidine rings is 1. The van der Waals surface area contributed by atoms with Crippen LogP contribution in [0.2, 0.25) is 5.02 Å². The second-order valence-electron chi connectivity index (χ2n) is 9.54. The van der Waals surface area contributed by atoms with Crippen molar-refractivity contribution in [3.63, 3.8) is 0 Å². The van der Waals surface area contributed by atoms with Crippen LogP contribution in [0.15, 0.2) is 59.7 Å². The quantitative estimate of drug-likeness (QED) is 0.331. The van der Waals surface area contributed by atoms with Crippen molar-refractivity contribution >= 4 is 50.7 Å². The number of likely N-dealkylation sites (tertiary alicyclic amines) is 1. The van der Waals surface area contributed by atoms with E-state index in [1.54, 1.807) is 55.5 Å². The van der Waals surface area contributed by atoms with E-state index in [0.717, 1.165) is 24.2 Å². The molecular formula is C28H27ClN4O4S. The van der Waals surface area contributed by atoms with Crippen LogP contribution in [-0.2, 0) is 11.3 Å². The maximum atomic E-state index is 13.2. The van der Waals surface area contributed by atoms with Gasteiger partial charge in [0.15, 0.2) is 0 Å². The summed E-state index contributed by atoms with van der Waals surface area (Å²) in [4.78, 5) is 46.2. The number of halogens is 1. The molecule has 10 heteroatoms. The van der Waals surface area contributed by atoms with Crippen molar-refractivity contribution in [3.05, 3.63) is 80.7 Å². The Morgan fingerprint density at radius 3 is 2.50 bits per heavy atom. The zero-order valence-corrected chi connectivity index (χ0v) is 22.6. The van der Waals surface area contributed by atoms with E-state index < -0.39 is 0 Å². The standard InChI is InChI=1S/C28H27ClN4O4S/c1-17-4-3-13-32(14-17)23(34)15-33-16-30-27-24(28(33)36)18(2)25(38-27)26(35)31-20-7-11-22(12-8-20)37-21-9-5-19(29)6-10-21/h5-12,16-17H,3-4,13-15H2,1-2H3,(H,31,35). The Labute approximate surface area is 228 Å². The van der Waals surface area contributed by atoms with Crippen LogP contribution in [0.1, 0.15) is 35.0 Å². The van der Waals surface area contributed by atoms with Crippen molar-refractivity contribution in [1.29, 1.82) is 0 Å². The van der Waals surface area contributed by atoms with E-state index >= 15 is 0 Å². The number of nitrogens with one attached hydrogen (secondary N) is 1. The molecule has 196 valence electrons. The molecule has 0 saturated carbocycles. The Hall–Kier alpha value is -3.69. The minimum atomic E-state index is -0.332. The molecule has 1 N–H and O–H groups in total. The number of hydrogen-bond acceptors (Lipinski definition) is 6. The van der Waals surface area contributed by atoms with Gasteiger partial charge in [0.05, 0.1) is 16.6 Å². The van der Waals surface area contributed by atoms with Crippen LogP contribution >= 0.6 is 22.9 Å². The first-order valence-electron chi connectivity index (χ1n) is 12.4. The molecule has 0 aliphatic carbocycles. The molecule has 4 aromatic rings. The van der Waals surface area contributed by atoms with Crippen LogP contribution in [-0.4, -0.2) is 39.4 Å². The number of hydrogen-bond donors (Lipinski definition) is 1. The van der Waals surface area contributed by atoms with Gasteiger partial charge < -0.3 is 15.0 Å². The summed E-state index contributed by atoms with van der Waals surface area (Å²) in [5.74, 6) is 1.30. The number of anilines is 1. The summed E-state index contributed by atoms with van der Waals surface area (Å²) < 4.78 is 7.13. The van der Waals surface area contributed by atoms with Gasteiger partial charge in [0, 0.05) is 23.8 Å². The number of thiophene rings is 1. The van der Waals surface area contributed by atoms with Gasteiger partial charge in [-0.05, 0) is 79.8 Å². The molecule has 38 heavy (non-hydrogen) atoms. The van der Waals surface area contributed by atoms with Crippen LogP contribution in [0.3, 0.4) is 0 Å². The van der Waals surface area contributed by atoms with Gasteiger partial charge in [0.25, 0.3) is 11.5 Å². The second-order valence-corrected chi connectivity index (χ2v) is 11.0. The SMILES string of the molecule is Cc1c(C(=O)Nc2ccc(Oc3ccc(Cl)cc3)cc2)sc2ncn(CC(=O)N3CCCC(C)C3)c(=O)c12. The summed E-state index contributed by atoms with van der Waals surface area (Å²) in [5.41, 5.74) is 0.822.